The van der Waals surface area contributed by atoms with Crippen LogP contribution in [0.15, 0.2) is 54.7 Å². The van der Waals surface area contributed by atoms with Crippen molar-refractivity contribution in [3.05, 3.63) is 70.9 Å². The fourth-order valence-electron chi connectivity index (χ4n) is 5.51. The highest BCUT2D eigenvalue weighted by Crippen LogP contribution is 2.20. The van der Waals surface area contributed by atoms with Crippen molar-refractivity contribution >= 4 is 46.2 Å². The molecule has 47 heavy (non-hydrogen) atoms. The van der Waals surface area contributed by atoms with E-state index in [-0.39, 0.29) is 31.2 Å². The molecule has 0 spiro atoms. The predicted octanol–water partition coefficient (Wildman–Crippen LogP) is 5.09. The summed E-state index contributed by atoms with van der Waals surface area (Å²) in [5.41, 5.74) is 2.35. The Labute approximate surface area is 283 Å². The normalized spacial score (nSPS) is 13.3. The molecule has 1 aromatic heterocycles. The van der Waals surface area contributed by atoms with Crippen molar-refractivity contribution in [2.75, 3.05) is 19.6 Å². The number of hydrogen-bond acceptors (Lipinski definition) is 5. The highest BCUT2D eigenvalue weighted by Gasteiger charge is 2.31. The molecule has 10 nitrogen and oxygen atoms in total. The third kappa shape index (κ3) is 12.3. The number of carboxylic acid groups (broad SMARTS) is 1. The van der Waals surface area contributed by atoms with E-state index in [9.17, 15) is 24.3 Å². The standard InChI is InChI=1S/C36H50ClN5O5/c1-5-7-17-42(18-8-6-2)23-33(43)39-30(19-24(3)4)34(44)40-31(21-26-22-38-29-12-10-9-11-28(26)29)35(45)41-32(36(46)47)20-25-13-15-27(37)16-14-25/h9-16,22,24,30-32,38H,5-8,17-21,23H2,1-4H3,(H,39,43)(H,40,44)(H,41,45)(H,46,47)/t30?,31-,32+/m1/s1. The van der Waals surface area contributed by atoms with Crippen molar-refractivity contribution in [2.45, 2.75) is 90.8 Å². The fraction of sp³-hybridized carbons (Fsp3) is 0.500. The minimum Gasteiger partial charge on any atom is -0.480 e. The van der Waals surface area contributed by atoms with Gasteiger partial charge in [-0.2, -0.15) is 0 Å². The lowest BCUT2D eigenvalue weighted by Gasteiger charge is -2.27. The first kappa shape index (κ1) is 37.6. The Kier molecular flexibility index (Phi) is 15.2. The highest BCUT2D eigenvalue weighted by atomic mass is 35.5. The molecule has 11 heteroatoms. The fourth-order valence-corrected chi connectivity index (χ4v) is 5.64. The number of benzene rings is 2. The van der Waals surface area contributed by atoms with Gasteiger partial charge >= 0.3 is 5.97 Å². The Bertz CT molecular complexity index is 1450. The van der Waals surface area contributed by atoms with Crippen LogP contribution in [-0.2, 0) is 32.0 Å². The SMILES string of the molecule is CCCCN(CCCC)CC(=O)NC(CC(C)C)C(=O)N[C@H](Cc1c[nH]c2ccccc12)C(=O)N[C@@H](Cc1ccc(Cl)cc1)C(=O)O. The molecule has 0 aliphatic heterocycles. The molecule has 0 bridgehead atoms. The van der Waals surface area contributed by atoms with E-state index in [0.717, 1.165) is 55.2 Å². The number of fused-ring (bicyclic) bond motifs is 1. The van der Waals surface area contributed by atoms with E-state index < -0.39 is 35.9 Å². The van der Waals surface area contributed by atoms with E-state index in [1.165, 1.54) is 0 Å². The van der Waals surface area contributed by atoms with Gasteiger partial charge in [0.1, 0.15) is 18.1 Å². The molecule has 0 saturated heterocycles. The highest BCUT2D eigenvalue weighted by molar-refractivity contribution is 6.30. The summed E-state index contributed by atoms with van der Waals surface area (Å²) in [4.78, 5) is 58.4. The Morgan fingerprint density at radius 2 is 1.45 bits per heavy atom. The molecular weight excluding hydrogens is 618 g/mol. The number of carbonyl (C=O) groups excluding carboxylic acids is 3. The van der Waals surface area contributed by atoms with Crippen LogP contribution in [0.4, 0.5) is 0 Å². The topological polar surface area (TPSA) is 144 Å². The second-order valence-electron chi connectivity index (χ2n) is 12.6. The van der Waals surface area contributed by atoms with Crippen molar-refractivity contribution in [3.8, 4) is 0 Å². The number of aliphatic carboxylic acids is 1. The maximum atomic E-state index is 13.8. The van der Waals surface area contributed by atoms with E-state index in [4.69, 9.17) is 11.6 Å². The van der Waals surface area contributed by atoms with Gasteiger partial charge in [-0.1, -0.05) is 82.5 Å². The molecule has 1 heterocycles. The Morgan fingerprint density at radius 3 is 2.06 bits per heavy atom. The maximum Gasteiger partial charge on any atom is 0.326 e. The number of hydrogen-bond donors (Lipinski definition) is 5. The lowest BCUT2D eigenvalue weighted by molar-refractivity contribution is -0.142. The van der Waals surface area contributed by atoms with Crippen LogP contribution < -0.4 is 16.0 Å². The molecule has 256 valence electrons. The van der Waals surface area contributed by atoms with Gasteiger partial charge in [-0.3, -0.25) is 19.3 Å². The first-order chi connectivity index (χ1) is 22.5. The monoisotopic (exact) mass is 667 g/mol. The van der Waals surface area contributed by atoms with Crippen LogP contribution in [0.5, 0.6) is 0 Å². The predicted molar refractivity (Wildman–Crippen MR) is 186 cm³/mol. The third-order valence-corrected chi connectivity index (χ3v) is 8.33. The zero-order valence-electron chi connectivity index (χ0n) is 28.0. The minimum atomic E-state index is -1.24. The number of carbonyl (C=O) groups is 4. The van der Waals surface area contributed by atoms with Crippen molar-refractivity contribution < 1.29 is 24.3 Å². The van der Waals surface area contributed by atoms with Crippen LogP contribution in [0.25, 0.3) is 10.9 Å². The molecule has 3 rings (SSSR count). The summed E-state index contributed by atoms with van der Waals surface area (Å²) in [5, 5.41) is 19.8. The van der Waals surface area contributed by atoms with Crippen molar-refractivity contribution in [3.63, 3.8) is 0 Å². The number of unbranched alkanes of at least 4 members (excludes halogenated alkanes) is 2. The summed E-state index contributed by atoms with van der Waals surface area (Å²) in [5.74, 6) is -2.50. The zero-order valence-corrected chi connectivity index (χ0v) is 28.7. The lowest BCUT2D eigenvalue weighted by atomic mass is 10.00. The van der Waals surface area contributed by atoms with Gasteiger partial charge in [0.2, 0.25) is 17.7 Å². The molecule has 5 N–H and O–H groups in total. The lowest BCUT2D eigenvalue weighted by Crippen LogP contribution is -2.57. The molecule has 3 aromatic rings. The molecule has 0 aliphatic rings. The van der Waals surface area contributed by atoms with Crippen LogP contribution in [0.2, 0.25) is 5.02 Å². The van der Waals surface area contributed by atoms with Gasteiger partial charge < -0.3 is 26.0 Å². The summed E-state index contributed by atoms with van der Waals surface area (Å²) >= 11 is 5.99. The Morgan fingerprint density at radius 1 is 0.830 bits per heavy atom. The number of nitrogens with one attached hydrogen (secondary N) is 4. The van der Waals surface area contributed by atoms with E-state index in [0.29, 0.717) is 17.0 Å². The van der Waals surface area contributed by atoms with Gasteiger partial charge in [0.25, 0.3) is 0 Å². The maximum absolute atomic E-state index is 13.8. The molecule has 3 amide bonds. The number of aromatic amines is 1. The number of amides is 3. The average Bonchev–Trinajstić information content (AvgIpc) is 3.44. The van der Waals surface area contributed by atoms with Crippen LogP contribution in [0.1, 0.15) is 70.9 Å². The summed E-state index contributed by atoms with van der Waals surface area (Å²) in [6.07, 6.45) is 6.30. The number of halogens is 1. The van der Waals surface area contributed by atoms with Crippen LogP contribution in [0, 0.1) is 5.92 Å². The second-order valence-corrected chi connectivity index (χ2v) is 13.0. The van der Waals surface area contributed by atoms with Gasteiger partial charge in [0, 0.05) is 35.0 Å². The molecule has 0 saturated carbocycles. The summed E-state index contributed by atoms with van der Waals surface area (Å²) < 4.78 is 0. The van der Waals surface area contributed by atoms with E-state index in [1.54, 1.807) is 30.5 Å². The molecule has 3 atom stereocenters. The number of nitrogens with zero attached hydrogens (tertiary/aromatic N) is 1. The largest absolute Gasteiger partial charge is 0.480 e. The summed E-state index contributed by atoms with van der Waals surface area (Å²) in [6, 6.07) is 11.1. The second kappa shape index (κ2) is 19.1. The van der Waals surface area contributed by atoms with Crippen LogP contribution >= 0.6 is 11.6 Å². The molecular formula is C36H50ClN5O5. The van der Waals surface area contributed by atoms with E-state index in [1.807, 2.05) is 38.1 Å². The first-order valence-corrected chi connectivity index (χ1v) is 17.0. The van der Waals surface area contributed by atoms with Gasteiger partial charge in [-0.15, -0.1) is 0 Å². The van der Waals surface area contributed by atoms with Crippen molar-refractivity contribution in [1.82, 2.24) is 25.8 Å². The van der Waals surface area contributed by atoms with E-state index in [2.05, 4.69) is 39.7 Å². The van der Waals surface area contributed by atoms with Crippen LogP contribution in [-0.4, -0.2) is 76.4 Å². The molecule has 0 aliphatic carbocycles. The molecule has 0 fully saturated rings. The quantitative estimate of drug-likeness (QED) is 0.114. The zero-order chi connectivity index (χ0) is 34.3. The van der Waals surface area contributed by atoms with E-state index >= 15 is 0 Å². The van der Waals surface area contributed by atoms with Gasteiger partial charge in [0.15, 0.2) is 0 Å². The Balaban J connectivity index is 1.83. The summed E-state index contributed by atoms with van der Waals surface area (Å²) in [6.45, 7) is 9.95. The summed E-state index contributed by atoms with van der Waals surface area (Å²) in [7, 11) is 0. The van der Waals surface area contributed by atoms with Crippen LogP contribution in [0.3, 0.4) is 0 Å². The number of aromatic nitrogens is 1. The number of para-hydroxylation sites is 1. The molecule has 0 radical (unpaired) electrons. The number of rotatable bonds is 20. The number of H-pyrrole nitrogens is 1. The number of carboxylic acids is 1. The Hall–Kier alpha value is -3.89. The van der Waals surface area contributed by atoms with Crippen molar-refractivity contribution in [2.24, 2.45) is 5.92 Å². The average molecular weight is 668 g/mol. The molecule has 2 aromatic carbocycles. The van der Waals surface area contributed by atoms with Gasteiger partial charge in [-0.25, -0.2) is 4.79 Å². The smallest absolute Gasteiger partial charge is 0.326 e. The molecule has 1 unspecified atom stereocenters. The first-order valence-electron chi connectivity index (χ1n) is 16.6. The van der Waals surface area contributed by atoms with Gasteiger partial charge in [-0.05, 0) is 67.6 Å². The minimum absolute atomic E-state index is 0.0323. The third-order valence-electron chi connectivity index (χ3n) is 8.08. The van der Waals surface area contributed by atoms with Crippen molar-refractivity contribution in [1.29, 1.82) is 0 Å². The van der Waals surface area contributed by atoms with Gasteiger partial charge in [0.05, 0.1) is 6.54 Å².